The molecule has 9 nitrogen and oxygen atoms in total. The summed E-state index contributed by atoms with van der Waals surface area (Å²) in [5.74, 6) is -1.24. The first-order valence-corrected chi connectivity index (χ1v) is 10.6. The molecule has 0 aromatic carbocycles. The van der Waals surface area contributed by atoms with E-state index in [1.807, 2.05) is 48.7 Å². The van der Waals surface area contributed by atoms with Crippen LogP contribution in [0.25, 0.3) is 0 Å². The highest BCUT2D eigenvalue weighted by Crippen LogP contribution is 2.40. The summed E-state index contributed by atoms with van der Waals surface area (Å²) < 4.78 is 42.0. The van der Waals surface area contributed by atoms with E-state index in [9.17, 15) is 4.79 Å². The van der Waals surface area contributed by atoms with Gasteiger partial charge in [0.1, 0.15) is 12.2 Å². The number of likely N-dealkylation sites (N-methyl/N-ethyl adjacent to an activating group) is 1. The van der Waals surface area contributed by atoms with E-state index in [1.165, 1.54) is 6.92 Å². The Balaban J connectivity index is 1.84. The highest BCUT2D eigenvalue weighted by atomic mass is 16.8. The number of methoxy groups -OCH3 is 1. The van der Waals surface area contributed by atoms with Gasteiger partial charge in [-0.15, -0.1) is 0 Å². The van der Waals surface area contributed by atoms with Gasteiger partial charge in [-0.3, -0.25) is 4.79 Å². The smallest absolute Gasteiger partial charge is 0.303 e. The van der Waals surface area contributed by atoms with Crippen LogP contribution in [-0.2, 0) is 38.0 Å². The molecule has 0 bridgehead atoms. The molecule has 3 heterocycles. The first-order valence-electron chi connectivity index (χ1n) is 10.6. The van der Waals surface area contributed by atoms with E-state index in [0.717, 1.165) is 0 Å². The van der Waals surface area contributed by atoms with Crippen molar-refractivity contribution in [2.24, 2.45) is 5.92 Å². The van der Waals surface area contributed by atoms with Gasteiger partial charge in [0, 0.05) is 20.0 Å². The Labute approximate surface area is 179 Å². The first kappa shape index (κ1) is 23.8. The number of esters is 1. The molecule has 0 aromatic rings. The van der Waals surface area contributed by atoms with E-state index < -0.39 is 24.5 Å². The number of carbonyl (C=O) groups excluding carboxylic acids is 1. The lowest BCUT2D eigenvalue weighted by Gasteiger charge is -2.48. The number of carbonyl (C=O) groups is 1. The largest absolute Gasteiger partial charge is 0.457 e. The third-order valence-electron chi connectivity index (χ3n) is 6.15. The number of ether oxygens (including phenoxy) is 7. The second-order valence-electron chi connectivity index (χ2n) is 9.21. The summed E-state index contributed by atoms with van der Waals surface area (Å²) in [5.41, 5.74) is 0. The summed E-state index contributed by atoms with van der Waals surface area (Å²) in [6, 6.07) is -0.145. The molecule has 174 valence electrons. The molecule has 0 aromatic heterocycles. The fraction of sp³-hybridized carbons (Fsp3) is 0.952. The van der Waals surface area contributed by atoms with Crippen LogP contribution in [0.5, 0.6) is 0 Å². The SMILES string of the molecule is CO[C@H]1[C@H](C)[C@@H](OC(C)=O)C(O[C@H]2C(N(C)C)[C@H]3OC(C)(C)O[C@@H]3O[C@@H]2C)O[C@@H]1C. The summed E-state index contributed by atoms with van der Waals surface area (Å²) in [6.07, 6.45) is -3.27. The van der Waals surface area contributed by atoms with Gasteiger partial charge in [-0.05, 0) is 41.8 Å². The first-order chi connectivity index (χ1) is 13.9. The highest BCUT2D eigenvalue weighted by molar-refractivity contribution is 5.66. The fourth-order valence-corrected chi connectivity index (χ4v) is 4.88. The second-order valence-corrected chi connectivity index (χ2v) is 9.21. The minimum absolute atomic E-state index is 0.108. The van der Waals surface area contributed by atoms with E-state index in [-0.39, 0.29) is 48.4 Å². The van der Waals surface area contributed by atoms with Gasteiger partial charge in [0.25, 0.3) is 0 Å². The molecule has 3 aliphatic rings. The molecular formula is C21H37NO8. The Bertz CT molecular complexity index is 614. The van der Waals surface area contributed by atoms with Crippen molar-refractivity contribution < 1.29 is 38.0 Å². The van der Waals surface area contributed by atoms with Gasteiger partial charge >= 0.3 is 5.97 Å². The third-order valence-corrected chi connectivity index (χ3v) is 6.15. The fourth-order valence-electron chi connectivity index (χ4n) is 4.88. The average Bonchev–Trinajstić information content (AvgIpc) is 2.91. The van der Waals surface area contributed by atoms with Gasteiger partial charge in [-0.25, -0.2) is 0 Å². The van der Waals surface area contributed by atoms with Crippen LogP contribution in [0, 0.1) is 5.92 Å². The molecule has 9 heteroatoms. The van der Waals surface area contributed by atoms with Crippen LogP contribution in [0.4, 0.5) is 0 Å². The van der Waals surface area contributed by atoms with Gasteiger partial charge in [0.15, 0.2) is 24.5 Å². The lowest BCUT2D eigenvalue weighted by Crippen LogP contribution is -2.64. The van der Waals surface area contributed by atoms with Crippen LogP contribution >= 0.6 is 0 Å². The number of hydrogen-bond acceptors (Lipinski definition) is 9. The van der Waals surface area contributed by atoms with Gasteiger partial charge in [0.2, 0.25) is 0 Å². The summed E-state index contributed by atoms with van der Waals surface area (Å²) in [4.78, 5) is 13.8. The van der Waals surface area contributed by atoms with Gasteiger partial charge in [-0.2, -0.15) is 0 Å². The molecule has 10 atom stereocenters. The predicted octanol–water partition coefficient (Wildman–Crippen LogP) is 1.53. The maximum atomic E-state index is 11.8. The zero-order chi connectivity index (χ0) is 22.4. The molecule has 30 heavy (non-hydrogen) atoms. The van der Waals surface area contributed by atoms with E-state index in [4.69, 9.17) is 33.2 Å². The zero-order valence-electron chi connectivity index (χ0n) is 19.5. The highest BCUT2D eigenvalue weighted by Gasteiger charge is 2.56. The molecule has 3 saturated heterocycles. The van der Waals surface area contributed by atoms with Crippen molar-refractivity contribution in [3.05, 3.63) is 0 Å². The van der Waals surface area contributed by atoms with Crippen molar-refractivity contribution in [3.63, 3.8) is 0 Å². The van der Waals surface area contributed by atoms with Gasteiger partial charge in [-0.1, -0.05) is 6.92 Å². The number of fused-ring (bicyclic) bond motifs is 1. The van der Waals surface area contributed by atoms with Crippen LogP contribution in [0.3, 0.4) is 0 Å². The van der Waals surface area contributed by atoms with Crippen molar-refractivity contribution in [2.45, 2.75) is 103 Å². The summed E-state index contributed by atoms with van der Waals surface area (Å²) in [7, 11) is 5.58. The van der Waals surface area contributed by atoms with E-state index in [0.29, 0.717) is 0 Å². The number of hydrogen-bond donors (Lipinski definition) is 0. The summed E-state index contributed by atoms with van der Waals surface area (Å²) >= 11 is 0. The molecule has 0 amide bonds. The lowest BCUT2D eigenvalue weighted by molar-refractivity contribution is -0.328. The van der Waals surface area contributed by atoms with E-state index in [1.54, 1.807) is 7.11 Å². The molecule has 3 rings (SSSR count). The van der Waals surface area contributed by atoms with Gasteiger partial charge in [0.05, 0.1) is 24.4 Å². The number of nitrogens with zero attached hydrogens (tertiary/aromatic N) is 1. The Morgan fingerprint density at radius 3 is 2.17 bits per heavy atom. The Hall–Kier alpha value is -0.810. The van der Waals surface area contributed by atoms with Crippen molar-refractivity contribution in [1.82, 2.24) is 4.90 Å². The van der Waals surface area contributed by atoms with E-state index in [2.05, 4.69) is 4.90 Å². The molecule has 3 aliphatic heterocycles. The monoisotopic (exact) mass is 431 g/mol. The van der Waals surface area contributed by atoms with Crippen LogP contribution in [0.1, 0.15) is 41.5 Å². The summed E-state index contributed by atoms with van der Waals surface area (Å²) in [6.45, 7) is 11.0. The van der Waals surface area contributed by atoms with Gasteiger partial charge < -0.3 is 38.1 Å². The second kappa shape index (κ2) is 8.97. The molecule has 2 unspecified atom stereocenters. The topological polar surface area (TPSA) is 84.9 Å². The minimum Gasteiger partial charge on any atom is -0.457 e. The number of rotatable bonds is 5. The standard InChI is InChI=1S/C21H37NO8/c1-10-15(24-9)11(2)25-19(16(10)27-13(4)23)28-17-12(3)26-20-18(14(17)22(7)8)29-21(5,6)30-20/h10-12,14-20H,1-9H3/t10-,11+,12+,14?,15-,16+,17+,18+,19?,20-/m0/s1. The zero-order valence-corrected chi connectivity index (χ0v) is 19.5. The Kier molecular flexibility index (Phi) is 7.13. The molecule has 0 saturated carbocycles. The normalized spacial score (nSPS) is 45.9. The molecule has 0 radical (unpaired) electrons. The maximum Gasteiger partial charge on any atom is 0.303 e. The predicted molar refractivity (Wildman–Crippen MR) is 107 cm³/mol. The Morgan fingerprint density at radius 1 is 0.967 bits per heavy atom. The van der Waals surface area contributed by atoms with Crippen LogP contribution in [-0.4, -0.2) is 93.1 Å². The molecule has 0 aliphatic carbocycles. The van der Waals surface area contributed by atoms with E-state index >= 15 is 0 Å². The van der Waals surface area contributed by atoms with Crippen LogP contribution in [0.2, 0.25) is 0 Å². The van der Waals surface area contributed by atoms with Crippen LogP contribution in [0.15, 0.2) is 0 Å². The molecule has 3 fully saturated rings. The Morgan fingerprint density at radius 2 is 1.60 bits per heavy atom. The minimum atomic E-state index is -0.754. The molecule has 0 spiro atoms. The van der Waals surface area contributed by atoms with Crippen molar-refractivity contribution in [1.29, 1.82) is 0 Å². The lowest BCUT2D eigenvalue weighted by atomic mass is 9.90. The molecular weight excluding hydrogens is 394 g/mol. The van der Waals surface area contributed by atoms with Crippen LogP contribution < -0.4 is 0 Å². The summed E-state index contributed by atoms with van der Waals surface area (Å²) in [5, 5.41) is 0. The quantitative estimate of drug-likeness (QED) is 0.602. The van der Waals surface area contributed by atoms with Crippen molar-refractivity contribution in [3.8, 4) is 0 Å². The molecule has 0 N–H and O–H groups in total. The van der Waals surface area contributed by atoms with Crippen molar-refractivity contribution in [2.75, 3.05) is 21.2 Å². The van der Waals surface area contributed by atoms with Crippen molar-refractivity contribution >= 4 is 5.97 Å². The maximum absolute atomic E-state index is 11.8. The average molecular weight is 432 g/mol. The third kappa shape index (κ3) is 4.67.